The van der Waals surface area contributed by atoms with E-state index in [-0.39, 0.29) is 5.56 Å². The number of nitrogens with one attached hydrogen (secondary N) is 2. The maximum atomic E-state index is 12.7. The largest absolute Gasteiger partial charge is 0.497 e. The molecule has 0 aliphatic carbocycles. The van der Waals surface area contributed by atoms with Gasteiger partial charge >= 0.3 is 0 Å². The molecule has 0 fully saturated rings. The van der Waals surface area contributed by atoms with E-state index in [2.05, 4.69) is 40.3 Å². The molecule has 3 rings (SSSR count). The Balaban J connectivity index is 1.85. The Labute approximate surface area is 188 Å². The quantitative estimate of drug-likeness (QED) is 0.519. The van der Waals surface area contributed by atoms with Crippen LogP contribution in [0.1, 0.15) is 17.5 Å². The Kier molecular flexibility index (Phi) is 7.65. The molecule has 1 aromatic heterocycles. The van der Waals surface area contributed by atoms with Gasteiger partial charge in [0.05, 0.1) is 13.7 Å². The summed E-state index contributed by atoms with van der Waals surface area (Å²) in [5.74, 6) is 0.755. The third-order valence-electron chi connectivity index (χ3n) is 5.08. The van der Waals surface area contributed by atoms with Crippen molar-refractivity contribution in [1.82, 2.24) is 14.8 Å². The van der Waals surface area contributed by atoms with Gasteiger partial charge in [-0.2, -0.15) is 0 Å². The highest BCUT2D eigenvalue weighted by Gasteiger charge is 2.14. The summed E-state index contributed by atoms with van der Waals surface area (Å²) in [6.45, 7) is 4.15. The molecule has 31 heavy (non-hydrogen) atoms. The number of fused-ring (bicyclic) bond motifs is 1. The van der Waals surface area contributed by atoms with Crippen LogP contribution in [0, 0.1) is 6.92 Å². The molecule has 0 radical (unpaired) electrons. The highest BCUT2D eigenvalue weighted by molar-refractivity contribution is 7.80. The molecule has 0 atom stereocenters. The van der Waals surface area contributed by atoms with Crippen LogP contribution in [0.2, 0.25) is 0 Å². The third-order valence-corrected chi connectivity index (χ3v) is 5.44. The first-order chi connectivity index (χ1) is 14.9. The lowest BCUT2D eigenvalue weighted by molar-refractivity contribution is 0.346. The molecule has 0 aliphatic rings. The van der Waals surface area contributed by atoms with E-state index >= 15 is 0 Å². The summed E-state index contributed by atoms with van der Waals surface area (Å²) in [5.41, 5.74) is 3.45. The van der Waals surface area contributed by atoms with E-state index in [4.69, 9.17) is 17.0 Å². The summed E-state index contributed by atoms with van der Waals surface area (Å²) in [7, 11) is 5.74. The van der Waals surface area contributed by atoms with Crippen molar-refractivity contribution >= 4 is 33.9 Å². The van der Waals surface area contributed by atoms with Crippen molar-refractivity contribution in [3.8, 4) is 5.75 Å². The summed E-state index contributed by atoms with van der Waals surface area (Å²) < 4.78 is 5.33. The van der Waals surface area contributed by atoms with Gasteiger partial charge in [0.25, 0.3) is 5.56 Å². The zero-order valence-corrected chi connectivity index (χ0v) is 19.4. The molecule has 164 valence electrons. The number of ether oxygens (including phenoxy) is 1. The number of hydrogen-bond acceptors (Lipinski definition) is 4. The Hall–Kier alpha value is -2.90. The van der Waals surface area contributed by atoms with E-state index < -0.39 is 0 Å². The predicted molar refractivity (Wildman–Crippen MR) is 132 cm³/mol. The number of thiocarbonyl (C=S) groups is 1. The Morgan fingerprint density at radius 1 is 1.13 bits per heavy atom. The summed E-state index contributed by atoms with van der Waals surface area (Å²) >= 11 is 5.73. The molecule has 0 saturated heterocycles. The van der Waals surface area contributed by atoms with Crippen molar-refractivity contribution in [1.29, 1.82) is 0 Å². The van der Waals surface area contributed by atoms with Gasteiger partial charge in [0.2, 0.25) is 0 Å². The number of hydrogen-bond donors (Lipinski definition) is 2. The molecule has 0 amide bonds. The second kappa shape index (κ2) is 10.4. The number of nitrogens with zero attached hydrogens (tertiary/aromatic N) is 2. The number of benzene rings is 2. The topological polar surface area (TPSA) is 60.6 Å². The van der Waals surface area contributed by atoms with E-state index in [0.29, 0.717) is 17.2 Å². The fourth-order valence-corrected chi connectivity index (χ4v) is 3.71. The maximum absolute atomic E-state index is 12.7. The summed E-state index contributed by atoms with van der Waals surface area (Å²) in [4.78, 5) is 19.9. The van der Waals surface area contributed by atoms with Crippen LogP contribution in [-0.4, -0.2) is 54.2 Å². The minimum absolute atomic E-state index is 0.103. The van der Waals surface area contributed by atoms with Crippen LogP contribution in [0.5, 0.6) is 5.75 Å². The lowest BCUT2D eigenvalue weighted by atomic mass is 10.1. The normalized spacial score (nSPS) is 11.0. The number of aromatic nitrogens is 1. The number of anilines is 1. The molecule has 3 aromatic rings. The second-order valence-electron chi connectivity index (χ2n) is 7.95. The van der Waals surface area contributed by atoms with Gasteiger partial charge in [-0.3, -0.25) is 4.79 Å². The van der Waals surface area contributed by atoms with Crippen LogP contribution in [0.4, 0.5) is 5.69 Å². The maximum Gasteiger partial charge on any atom is 0.253 e. The van der Waals surface area contributed by atoms with Gasteiger partial charge in [0.1, 0.15) is 5.75 Å². The lowest BCUT2D eigenvalue weighted by Gasteiger charge is -2.26. The van der Waals surface area contributed by atoms with Crippen LogP contribution in [0.3, 0.4) is 0 Å². The molecule has 2 aromatic carbocycles. The van der Waals surface area contributed by atoms with Crippen LogP contribution in [0.25, 0.3) is 10.9 Å². The van der Waals surface area contributed by atoms with E-state index in [1.807, 2.05) is 49.4 Å². The van der Waals surface area contributed by atoms with Gasteiger partial charge in [-0.15, -0.1) is 0 Å². The first kappa shape index (κ1) is 22.8. The van der Waals surface area contributed by atoms with Gasteiger partial charge in [-0.05, 0) is 88.2 Å². The Morgan fingerprint density at radius 2 is 1.94 bits per heavy atom. The zero-order valence-electron chi connectivity index (χ0n) is 18.6. The van der Waals surface area contributed by atoms with Gasteiger partial charge in [0, 0.05) is 28.7 Å². The molecule has 1 heterocycles. The number of methoxy groups -OCH3 is 1. The molecule has 7 heteroatoms. The monoisotopic (exact) mass is 438 g/mol. The van der Waals surface area contributed by atoms with Gasteiger partial charge < -0.3 is 24.8 Å². The average Bonchev–Trinajstić information content (AvgIpc) is 2.72. The molecule has 6 nitrogen and oxygen atoms in total. The highest BCUT2D eigenvalue weighted by Crippen LogP contribution is 2.19. The van der Waals surface area contributed by atoms with Gasteiger partial charge in [-0.25, -0.2) is 0 Å². The molecule has 0 unspecified atom stereocenters. The first-order valence-corrected chi connectivity index (χ1v) is 10.7. The van der Waals surface area contributed by atoms with Gasteiger partial charge in [0.15, 0.2) is 5.11 Å². The molecule has 2 N–H and O–H groups in total. The van der Waals surface area contributed by atoms with Crippen molar-refractivity contribution in [3.05, 3.63) is 70.0 Å². The number of aromatic amines is 1. The SMILES string of the molecule is COc1ccc2[nH]c(=O)c(CN(CCCN(C)C)C(=S)Nc3cccc(C)c3)cc2c1. The summed E-state index contributed by atoms with van der Waals surface area (Å²) in [6.07, 6.45) is 0.932. The Morgan fingerprint density at radius 3 is 2.65 bits per heavy atom. The number of H-pyrrole nitrogens is 1. The fraction of sp³-hybridized carbons (Fsp3) is 0.333. The van der Waals surface area contributed by atoms with E-state index in [9.17, 15) is 4.79 Å². The standard InChI is InChI=1S/C24H30N4O2S/c1-17-7-5-8-20(13-17)25-24(31)28(12-6-11-27(2)3)16-19-14-18-15-21(30-4)9-10-22(18)26-23(19)29/h5,7-10,13-15H,6,11-12,16H2,1-4H3,(H,25,31)(H,26,29). The average molecular weight is 439 g/mol. The van der Waals surface area contributed by atoms with Crippen LogP contribution >= 0.6 is 12.2 Å². The molecule has 0 aliphatic heterocycles. The van der Waals surface area contributed by atoms with Crippen molar-refractivity contribution < 1.29 is 4.74 Å². The van der Waals surface area contributed by atoms with Crippen molar-refractivity contribution in [3.63, 3.8) is 0 Å². The molecule has 0 bridgehead atoms. The van der Waals surface area contributed by atoms with Gasteiger partial charge in [-0.1, -0.05) is 12.1 Å². The molecular weight excluding hydrogens is 408 g/mol. The second-order valence-corrected chi connectivity index (χ2v) is 8.34. The van der Waals surface area contributed by atoms with Crippen molar-refractivity contribution in [2.24, 2.45) is 0 Å². The molecule has 0 saturated carbocycles. The number of rotatable bonds is 8. The van der Waals surface area contributed by atoms with Crippen molar-refractivity contribution in [2.45, 2.75) is 19.9 Å². The minimum Gasteiger partial charge on any atom is -0.497 e. The first-order valence-electron chi connectivity index (χ1n) is 10.3. The van der Waals surface area contributed by atoms with E-state index in [0.717, 1.165) is 47.4 Å². The predicted octanol–water partition coefficient (Wildman–Crippen LogP) is 4.00. The van der Waals surface area contributed by atoms with Crippen molar-refractivity contribution in [2.75, 3.05) is 39.6 Å². The van der Waals surface area contributed by atoms with Crippen LogP contribution in [-0.2, 0) is 6.54 Å². The fourth-order valence-electron chi connectivity index (χ4n) is 3.44. The molecular formula is C24H30N4O2S. The third kappa shape index (κ3) is 6.29. The summed E-state index contributed by atoms with van der Waals surface area (Å²) in [6, 6.07) is 15.6. The van der Waals surface area contributed by atoms with E-state index in [1.165, 1.54) is 0 Å². The minimum atomic E-state index is -0.103. The van der Waals surface area contributed by atoms with Crippen LogP contribution < -0.4 is 15.6 Å². The van der Waals surface area contributed by atoms with Crippen LogP contribution in [0.15, 0.2) is 53.3 Å². The molecule has 0 spiro atoms. The number of aryl methyl sites for hydroxylation is 1. The smallest absolute Gasteiger partial charge is 0.253 e. The summed E-state index contributed by atoms with van der Waals surface area (Å²) in [5, 5.41) is 4.86. The number of pyridine rings is 1. The Bertz CT molecular complexity index is 1110. The highest BCUT2D eigenvalue weighted by atomic mass is 32.1. The van der Waals surface area contributed by atoms with E-state index in [1.54, 1.807) is 7.11 Å². The lowest BCUT2D eigenvalue weighted by Crippen LogP contribution is -2.37. The zero-order chi connectivity index (χ0) is 22.4.